The van der Waals surface area contributed by atoms with Gasteiger partial charge in [0.1, 0.15) is 16.6 Å². The summed E-state index contributed by atoms with van der Waals surface area (Å²) >= 11 is 1.59. The summed E-state index contributed by atoms with van der Waals surface area (Å²) in [5.74, 6) is 0.672. The van der Waals surface area contributed by atoms with Gasteiger partial charge >= 0.3 is 0 Å². The van der Waals surface area contributed by atoms with Gasteiger partial charge in [0.2, 0.25) is 0 Å². The third kappa shape index (κ3) is 3.98. The summed E-state index contributed by atoms with van der Waals surface area (Å²) in [6, 6.07) is 5.24. The topological polar surface area (TPSA) is 90.1 Å². The van der Waals surface area contributed by atoms with Crippen molar-refractivity contribution in [1.29, 1.82) is 0 Å². The summed E-state index contributed by atoms with van der Waals surface area (Å²) in [6.07, 6.45) is 8.75. The highest BCUT2D eigenvalue weighted by Gasteiger charge is 2.16. The molecule has 3 rings (SSSR count). The van der Waals surface area contributed by atoms with Gasteiger partial charge in [0, 0.05) is 34.1 Å². The first-order valence-electron chi connectivity index (χ1n) is 9.38. The zero-order valence-corrected chi connectivity index (χ0v) is 17.8. The van der Waals surface area contributed by atoms with Crippen LogP contribution in [0.15, 0.2) is 42.4 Å². The molecule has 5 nitrogen and oxygen atoms in total. The van der Waals surface area contributed by atoms with Crippen molar-refractivity contribution in [1.82, 2.24) is 9.55 Å². The minimum absolute atomic E-state index is 0.174. The fraction of sp³-hybridized carbons (Fsp3) is 0.174. The fourth-order valence-electron chi connectivity index (χ4n) is 3.33. The van der Waals surface area contributed by atoms with E-state index in [-0.39, 0.29) is 5.75 Å². The van der Waals surface area contributed by atoms with Crippen LogP contribution in [0.4, 0.5) is 5.82 Å². The molecule has 0 aliphatic rings. The Labute approximate surface area is 174 Å². The van der Waals surface area contributed by atoms with Crippen molar-refractivity contribution < 1.29 is 5.11 Å². The van der Waals surface area contributed by atoms with Crippen LogP contribution in [0.5, 0.6) is 5.75 Å². The molecular weight excluding hydrogens is 380 g/mol. The molecule has 6 heteroatoms. The minimum Gasteiger partial charge on any atom is -0.508 e. The first-order valence-corrected chi connectivity index (χ1v) is 10.3. The van der Waals surface area contributed by atoms with Crippen LogP contribution in [0.3, 0.4) is 0 Å². The molecule has 3 aromatic rings. The van der Waals surface area contributed by atoms with Crippen molar-refractivity contribution in [3.63, 3.8) is 0 Å². The molecule has 1 aromatic carbocycles. The van der Waals surface area contributed by atoms with Gasteiger partial charge in [0.05, 0.1) is 11.0 Å². The third-order valence-corrected chi connectivity index (χ3v) is 5.62. The highest BCUT2D eigenvalue weighted by molar-refractivity contribution is 7.10. The number of nitrogens with two attached hydrogens (primary N) is 2. The van der Waals surface area contributed by atoms with Crippen LogP contribution in [0, 0.1) is 6.92 Å². The monoisotopic (exact) mass is 406 g/mol. The van der Waals surface area contributed by atoms with Crippen LogP contribution in [0.1, 0.15) is 36.4 Å². The fourth-order valence-corrected chi connectivity index (χ4v) is 3.96. The average Bonchev–Trinajstić information content (AvgIpc) is 3.29. The second kappa shape index (κ2) is 8.41. The number of aryl methyl sites for hydroxylation is 1. The summed E-state index contributed by atoms with van der Waals surface area (Å²) < 4.78 is 1.93. The molecule has 0 saturated heterocycles. The Balaban J connectivity index is 2.42. The Morgan fingerprint density at radius 1 is 1.38 bits per heavy atom. The van der Waals surface area contributed by atoms with E-state index < -0.39 is 0 Å². The van der Waals surface area contributed by atoms with E-state index in [1.807, 2.05) is 42.0 Å². The highest BCUT2D eigenvalue weighted by Crippen LogP contribution is 2.23. The predicted molar refractivity (Wildman–Crippen MR) is 124 cm³/mol. The standard InChI is InChI=1S/C23H26N4OS/c1-5-6-18-19(10-8-15(3)23-26-11-12-29-23)27(22(25)21(18)16(4)24)20-13-17(28)9-7-14(20)2/h6-13,28H,4-5,24-25H2,1-3H3/b15-8+,18-6-,19-10+. The molecule has 0 radical (unpaired) electrons. The first kappa shape index (κ1) is 20.5. The van der Waals surface area contributed by atoms with Gasteiger partial charge in [-0.3, -0.25) is 4.57 Å². The number of anilines is 1. The molecule has 0 aliphatic carbocycles. The summed E-state index contributed by atoms with van der Waals surface area (Å²) in [6.45, 7) is 10.0. The molecule has 2 heterocycles. The maximum atomic E-state index is 10.1. The van der Waals surface area contributed by atoms with Crippen molar-refractivity contribution >= 4 is 40.6 Å². The number of nitrogens with zero attached hydrogens (tertiary/aromatic N) is 2. The molecule has 0 fully saturated rings. The van der Waals surface area contributed by atoms with Gasteiger partial charge in [0.25, 0.3) is 0 Å². The van der Waals surface area contributed by atoms with E-state index in [4.69, 9.17) is 11.5 Å². The summed E-state index contributed by atoms with van der Waals surface area (Å²) in [7, 11) is 0. The number of benzene rings is 1. The molecular formula is C23H26N4OS. The van der Waals surface area contributed by atoms with Gasteiger partial charge in [-0.2, -0.15) is 0 Å². The zero-order valence-electron chi connectivity index (χ0n) is 16.9. The predicted octanol–water partition coefficient (Wildman–Crippen LogP) is 3.53. The van der Waals surface area contributed by atoms with E-state index >= 15 is 0 Å². The Kier molecular flexibility index (Phi) is 5.94. The van der Waals surface area contributed by atoms with Crippen LogP contribution in [-0.2, 0) is 0 Å². The maximum absolute atomic E-state index is 10.1. The number of rotatable bonds is 5. The molecule has 150 valence electrons. The van der Waals surface area contributed by atoms with Crippen molar-refractivity contribution in [3.8, 4) is 11.4 Å². The zero-order chi connectivity index (χ0) is 21.1. The number of phenols is 1. The Morgan fingerprint density at radius 2 is 2.14 bits per heavy atom. The van der Waals surface area contributed by atoms with Gasteiger partial charge < -0.3 is 16.6 Å². The molecule has 0 aliphatic heterocycles. The van der Waals surface area contributed by atoms with Crippen LogP contribution in [0.25, 0.3) is 29.1 Å². The Hall–Kier alpha value is -3.25. The van der Waals surface area contributed by atoms with Gasteiger partial charge in [0.15, 0.2) is 0 Å². The lowest BCUT2D eigenvalue weighted by molar-refractivity contribution is 0.475. The van der Waals surface area contributed by atoms with Crippen molar-refractivity contribution in [2.45, 2.75) is 27.2 Å². The van der Waals surface area contributed by atoms with E-state index in [0.717, 1.165) is 44.4 Å². The average molecular weight is 407 g/mol. The van der Waals surface area contributed by atoms with Crippen LogP contribution < -0.4 is 22.0 Å². The maximum Gasteiger partial charge on any atom is 0.118 e. The van der Waals surface area contributed by atoms with Crippen molar-refractivity contribution in [3.05, 3.63) is 69.1 Å². The van der Waals surface area contributed by atoms with E-state index in [2.05, 4.69) is 24.6 Å². The molecule has 29 heavy (non-hydrogen) atoms. The van der Waals surface area contributed by atoms with Gasteiger partial charge in [-0.25, -0.2) is 4.98 Å². The Morgan fingerprint density at radius 3 is 2.76 bits per heavy atom. The largest absolute Gasteiger partial charge is 0.508 e. The molecule has 0 amide bonds. The number of hydrogen-bond acceptors (Lipinski definition) is 5. The summed E-state index contributed by atoms with van der Waals surface area (Å²) in [5, 5.41) is 14.8. The quantitative estimate of drug-likeness (QED) is 0.605. The van der Waals surface area contributed by atoms with Crippen LogP contribution in [-0.4, -0.2) is 14.7 Å². The number of aromatic hydroxyl groups is 1. The van der Waals surface area contributed by atoms with E-state index in [1.54, 1.807) is 29.7 Å². The molecule has 0 atom stereocenters. The van der Waals surface area contributed by atoms with Gasteiger partial charge in [-0.15, -0.1) is 11.3 Å². The number of aromatic nitrogens is 2. The Bertz CT molecular complexity index is 1200. The highest BCUT2D eigenvalue weighted by atomic mass is 32.1. The van der Waals surface area contributed by atoms with Crippen LogP contribution >= 0.6 is 11.3 Å². The van der Waals surface area contributed by atoms with Gasteiger partial charge in [-0.1, -0.05) is 31.7 Å². The van der Waals surface area contributed by atoms with E-state index in [0.29, 0.717) is 11.5 Å². The molecule has 5 N–H and O–H groups in total. The van der Waals surface area contributed by atoms with Gasteiger partial charge in [-0.05, 0) is 43.5 Å². The normalized spacial score (nSPS) is 13.3. The SMILES string of the molecule is C=C(N)c1c(N)n(-c2cc(O)ccc2C)c(=C/C=C(\C)c2nccs2)/c1=C/CC. The first-order chi connectivity index (χ1) is 13.8. The minimum atomic E-state index is 0.174. The lowest BCUT2D eigenvalue weighted by Crippen LogP contribution is -2.30. The number of allylic oxidation sites excluding steroid dienone is 2. The third-order valence-electron chi connectivity index (χ3n) is 4.71. The molecule has 0 unspecified atom stereocenters. The lowest BCUT2D eigenvalue weighted by atomic mass is 10.1. The number of nitrogen functional groups attached to an aromatic ring is 1. The summed E-state index contributed by atoms with van der Waals surface area (Å²) in [4.78, 5) is 4.37. The number of hydrogen-bond donors (Lipinski definition) is 3. The van der Waals surface area contributed by atoms with E-state index in [1.165, 1.54) is 0 Å². The number of phenolic OH excluding ortho intramolecular Hbond substituents is 1. The smallest absolute Gasteiger partial charge is 0.118 e. The lowest BCUT2D eigenvalue weighted by Gasteiger charge is -2.12. The van der Waals surface area contributed by atoms with Crippen molar-refractivity contribution in [2.75, 3.05) is 5.73 Å². The van der Waals surface area contributed by atoms with Crippen molar-refractivity contribution in [2.24, 2.45) is 5.73 Å². The van der Waals surface area contributed by atoms with Crippen LogP contribution in [0.2, 0.25) is 0 Å². The second-order valence-electron chi connectivity index (χ2n) is 6.86. The molecule has 2 aromatic heterocycles. The second-order valence-corrected chi connectivity index (χ2v) is 7.75. The molecule has 0 bridgehead atoms. The number of thiazole rings is 1. The summed E-state index contributed by atoms with van der Waals surface area (Å²) in [5.41, 5.74) is 16.6. The molecule has 0 spiro atoms. The van der Waals surface area contributed by atoms with E-state index in [9.17, 15) is 5.11 Å². The molecule has 0 saturated carbocycles.